The molecule has 0 fully saturated rings. The van der Waals surface area contributed by atoms with Crippen LogP contribution in [0.5, 0.6) is 11.5 Å². The minimum atomic E-state index is 0.0136. The lowest BCUT2D eigenvalue weighted by atomic mass is 10.3. The van der Waals surface area contributed by atoms with Gasteiger partial charge >= 0.3 is 0 Å². The van der Waals surface area contributed by atoms with E-state index < -0.39 is 0 Å². The van der Waals surface area contributed by atoms with Gasteiger partial charge in [-0.15, -0.1) is 11.3 Å². The third kappa shape index (κ3) is 6.69. The first-order chi connectivity index (χ1) is 13.6. The Hall–Kier alpha value is -2.32. The summed E-state index contributed by atoms with van der Waals surface area (Å²) in [6.07, 6.45) is 0.0136. The van der Waals surface area contributed by atoms with Crippen molar-refractivity contribution in [1.29, 1.82) is 0 Å². The second-order valence-corrected chi connectivity index (χ2v) is 7.06. The molecule has 1 heterocycles. The summed E-state index contributed by atoms with van der Waals surface area (Å²) >= 11 is 1.62. The first-order valence-electron chi connectivity index (χ1n) is 9.30. The molecular weight excluding hydrogens is 376 g/mol. The molecule has 154 valence electrons. The number of hydrogen-bond donors (Lipinski definition) is 1. The summed E-state index contributed by atoms with van der Waals surface area (Å²) in [5.41, 5.74) is 1.00. The van der Waals surface area contributed by atoms with Crippen LogP contribution in [0.25, 0.3) is 0 Å². The van der Waals surface area contributed by atoms with Gasteiger partial charge in [-0.3, -0.25) is 0 Å². The quantitative estimate of drug-likeness (QED) is 0.371. The van der Waals surface area contributed by atoms with E-state index in [0.29, 0.717) is 19.7 Å². The minimum absolute atomic E-state index is 0.0136. The van der Waals surface area contributed by atoms with Crippen molar-refractivity contribution in [3.8, 4) is 11.5 Å². The smallest absolute Gasteiger partial charge is 0.194 e. The zero-order chi connectivity index (χ0) is 20.4. The number of rotatable bonds is 10. The first-order valence-corrected chi connectivity index (χ1v) is 10.2. The Labute approximate surface area is 171 Å². The van der Waals surface area contributed by atoms with E-state index in [-0.39, 0.29) is 6.10 Å². The molecule has 7 nitrogen and oxygen atoms in total. The number of nitrogens with one attached hydrogen (secondary N) is 1. The van der Waals surface area contributed by atoms with Gasteiger partial charge in [0.25, 0.3) is 0 Å². The van der Waals surface area contributed by atoms with Gasteiger partial charge in [0.2, 0.25) is 0 Å². The number of aromatic nitrogens is 1. The van der Waals surface area contributed by atoms with Crippen molar-refractivity contribution in [2.24, 2.45) is 4.99 Å². The number of ether oxygens (including phenoxy) is 3. The Morgan fingerprint density at radius 3 is 2.82 bits per heavy atom. The zero-order valence-electron chi connectivity index (χ0n) is 17.3. The monoisotopic (exact) mass is 406 g/mol. The Balaban J connectivity index is 1.90. The summed E-state index contributed by atoms with van der Waals surface area (Å²) < 4.78 is 16.3. The van der Waals surface area contributed by atoms with Gasteiger partial charge in [-0.1, -0.05) is 6.07 Å². The van der Waals surface area contributed by atoms with Gasteiger partial charge in [-0.2, -0.15) is 0 Å². The molecule has 2 aromatic rings. The van der Waals surface area contributed by atoms with Crippen molar-refractivity contribution in [1.82, 2.24) is 15.2 Å². The number of hydrogen-bond acceptors (Lipinski definition) is 6. The molecule has 0 aliphatic heterocycles. The second kappa shape index (κ2) is 11.5. The van der Waals surface area contributed by atoms with E-state index in [1.807, 2.05) is 38.2 Å². The van der Waals surface area contributed by atoms with Crippen molar-refractivity contribution in [2.45, 2.75) is 26.5 Å². The van der Waals surface area contributed by atoms with Gasteiger partial charge in [-0.05, 0) is 26.0 Å². The molecule has 1 aromatic heterocycles. The van der Waals surface area contributed by atoms with Crippen LogP contribution < -0.4 is 14.8 Å². The molecule has 1 N–H and O–H groups in total. The molecule has 0 aliphatic rings. The third-order valence-electron chi connectivity index (χ3n) is 4.03. The number of benzene rings is 1. The third-order valence-corrected chi connectivity index (χ3v) is 5.08. The van der Waals surface area contributed by atoms with Crippen molar-refractivity contribution in [3.05, 3.63) is 40.3 Å². The maximum absolute atomic E-state index is 5.76. The van der Waals surface area contributed by atoms with E-state index in [2.05, 4.69) is 32.5 Å². The van der Waals surface area contributed by atoms with Crippen molar-refractivity contribution < 1.29 is 14.2 Å². The van der Waals surface area contributed by atoms with Crippen LogP contribution in [0, 0.1) is 0 Å². The van der Waals surface area contributed by atoms with Crippen LogP contribution in [-0.4, -0.2) is 56.8 Å². The predicted molar refractivity (Wildman–Crippen MR) is 113 cm³/mol. The number of methoxy groups -OCH3 is 2. The lowest BCUT2D eigenvalue weighted by molar-refractivity contribution is 0.119. The normalized spacial score (nSPS) is 12.5. The van der Waals surface area contributed by atoms with Crippen LogP contribution >= 0.6 is 11.3 Å². The van der Waals surface area contributed by atoms with Crippen LogP contribution in [0.1, 0.15) is 30.7 Å². The molecule has 0 radical (unpaired) electrons. The molecule has 0 saturated carbocycles. The largest absolute Gasteiger partial charge is 0.497 e. The van der Waals surface area contributed by atoms with E-state index in [4.69, 9.17) is 14.2 Å². The predicted octanol–water partition coefficient (Wildman–Crippen LogP) is 3.34. The molecule has 0 bridgehead atoms. The van der Waals surface area contributed by atoms with Crippen molar-refractivity contribution >= 4 is 17.3 Å². The van der Waals surface area contributed by atoms with Crippen LogP contribution in [0.2, 0.25) is 0 Å². The van der Waals surface area contributed by atoms with Crippen molar-refractivity contribution in [3.63, 3.8) is 0 Å². The maximum Gasteiger partial charge on any atom is 0.194 e. The summed E-state index contributed by atoms with van der Waals surface area (Å²) in [6.45, 7) is 6.56. The standard InChI is InChI=1S/C20H30N4O3S/c1-6-21-20(22-10-11-27-18-9-7-8-17(12-18)26-5)24(3)13-16-14-28-19(23-16)15(2)25-4/h7-9,12,14-15H,6,10-11,13H2,1-5H3,(H,21,22). The molecule has 1 aromatic carbocycles. The fraction of sp³-hybridized carbons (Fsp3) is 0.500. The Morgan fingerprint density at radius 1 is 1.32 bits per heavy atom. The lowest BCUT2D eigenvalue weighted by Crippen LogP contribution is -2.38. The van der Waals surface area contributed by atoms with Crippen LogP contribution in [0.15, 0.2) is 34.6 Å². The van der Waals surface area contributed by atoms with Gasteiger partial charge in [0.05, 0.1) is 25.9 Å². The summed E-state index contributed by atoms with van der Waals surface area (Å²) in [7, 11) is 5.34. The van der Waals surface area contributed by atoms with E-state index >= 15 is 0 Å². The second-order valence-electron chi connectivity index (χ2n) is 6.17. The highest BCUT2D eigenvalue weighted by atomic mass is 32.1. The maximum atomic E-state index is 5.76. The highest BCUT2D eigenvalue weighted by Gasteiger charge is 2.12. The topological polar surface area (TPSA) is 68.2 Å². The van der Waals surface area contributed by atoms with Gasteiger partial charge in [0, 0.05) is 32.1 Å². The molecule has 8 heteroatoms. The van der Waals surface area contributed by atoms with E-state index in [1.54, 1.807) is 25.6 Å². The SMILES string of the molecule is CCNC(=NCCOc1cccc(OC)c1)N(C)Cc1csc(C(C)OC)n1. The minimum Gasteiger partial charge on any atom is -0.497 e. The molecular formula is C20H30N4O3S. The van der Waals surface area contributed by atoms with Gasteiger partial charge in [0.15, 0.2) is 5.96 Å². The summed E-state index contributed by atoms with van der Waals surface area (Å²) in [5, 5.41) is 6.36. The average Bonchev–Trinajstić information content (AvgIpc) is 3.18. The molecule has 1 unspecified atom stereocenters. The number of thiazole rings is 1. The molecule has 0 amide bonds. The summed E-state index contributed by atoms with van der Waals surface area (Å²) in [4.78, 5) is 11.4. The first kappa shape index (κ1) is 22.0. The van der Waals surface area contributed by atoms with E-state index in [0.717, 1.165) is 34.7 Å². The van der Waals surface area contributed by atoms with E-state index in [1.165, 1.54) is 0 Å². The Bertz CT molecular complexity index is 751. The Morgan fingerprint density at radius 2 is 2.11 bits per heavy atom. The van der Waals surface area contributed by atoms with Gasteiger partial charge in [-0.25, -0.2) is 9.98 Å². The van der Waals surface area contributed by atoms with Gasteiger partial charge in [0.1, 0.15) is 29.2 Å². The summed E-state index contributed by atoms with van der Waals surface area (Å²) in [5.74, 6) is 2.38. The molecule has 0 aliphatic carbocycles. The molecule has 0 spiro atoms. The molecule has 0 saturated heterocycles. The highest BCUT2D eigenvalue weighted by molar-refractivity contribution is 7.09. The van der Waals surface area contributed by atoms with Crippen molar-refractivity contribution in [2.75, 3.05) is 41.0 Å². The van der Waals surface area contributed by atoms with Gasteiger partial charge < -0.3 is 24.4 Å². The number of nitrogens with zero attached hydrogens (tertiary/aromatic N) is 3. The van der Waals surface area contributed by atoms with Crippen LogP contribution in [-0.2, 0) is 11.3 Å². The van der Waals surface area contributed by atoms with Crippen LogP contribution in [0.3, 0.4) is 0 Å². The molecule has 2 rings (SSSR count). The highest BCUT2D eigenvalue weighted by Crippen LogP contribution is 2.21. The molecule has 28 heavy (non-hydrogen) atoms. The van der Waals surface area contributed by atoms with E-state index in [9.17, 15) is 0 Å². The fourth-order valence-electron chi connectivity index (χ4n) is 2.48. The fourth-order valence-corrected chi connectivity index (χ4v) is 3.32. The average molecular weight is 407 g/mol. The lowest BCUT2D eigenvalue weighted by Gasteiger charge is -2.21. The number of aliphatic imine (C=N–C) groups is 1. The van der Waals surface area contributed by atoms with Crippen LogP contribution in [0.4, 0.5) is 0 Å². The summed E-state index contributed by atoms with van der Waals surface area (Å²) in [6, 6.07) is 7.56. The zero-order valence-corrected chi connectivity index (χ0v) is 18.1. The Kier molecular flexibility index (Phi) is 9.03. The number of guanidine groups is 1. The molecule has 1 atom stereocenters.